The zero-order chi connectivity index (χ0) is 20.8. The molecule has 0 amide bonds. The average molecular weight is 432 g/mol. The van der Waals surface area contributed by atoms with Gasteiger partial charge >= 0.3 is 0 Å². The van der Waals surface area contributed by atoms with Crippen molar-refractivity contribution < 1.29 is 13.6 Å². The third-order valence-electron chi connectivity index (χ3n) is 5.35. The molecule has 1 unspecified atom stereocenters. The van der Waals surface area contributed by atoms with Gasteiger partial charge in [-0.1, -0.05) is 54.6 Å². The number of nitrogens with zero attached hydrogens (tertiary/aromatic N) is 1. The van der Waals surface area contributed by atoms with E-state index >= 15 is 0 Å². The van der Waals surface area contributed by atoms with E-state index in [4.69, 9.17) is 4.84 Å². The molecule has 160 valence electrons. The molecule has 2 nitrogen and oxygen atoms in total. The van der Waals surface area contributed by atoms with Crippen LogP contribution >= 0.6 is 12.4 Å². The molecule has 0 aliphatic carbocycles. The van der Waals surface area contributed by atoms with Crippen LogP contribution in [0.2, 0.25) is 0 Å². The average Bonchev–Trinajstić information content (AvgIpc) is 2.70. The second kappa shape index (κ2) is 11.2. The van der Waals surface area contributed by atoms with Crippen molar-refractivity contribution in [3.05, 3.63) is 106 Å². The molecule has 0 fully saturated rings. The molecule has 0 saturated carbocycles. The van der Waals surface area contributed by atoms with E-state index in [1.54, 1.807) is 7.11 Å². The van der Waals surface area contributed by atoms with Crippen LogP contribution in [-0.4, -0.2) is 18.7 Å². The van der Waals surface area contributed by atoms with E-state index in [0.29, 0.717) is 13.1 Å². The fraction of sp³-hybridized carbons (Fsp3) is 0.280. The van der Waals surface area contributed by atoms with E-state index in [9.17, 15) is 8.78 Å². The van der Waals surface area contributed by atoms with E-state index in [1.165, 1.54) is 18.2 Å². The maximum Gasteiger partial charge on any atom is 0.129 e. The highest BCUT2D eigenvalue weighted by molar-refractivity contribution is 5.85. The lowest BCUT2D eigenvalue weighted by molar-refractivity contribution is -0.142. The molecule has 0 spiro atoms. The molecule has 0 aromatic heterocycles. The van der Waals surface area contributed by atoms with Gasteiger partial charge in [0.05, 0.1) is 7.11 Å². The number of hydrogen-bond acceptors (Lipinski definition) is 2. The van der Waals surface area contributed by atoms with Crippen molar-refractivity contribution in [3.8, 4) is 0 Å². The Hall–Kier alpha value is -2.27. The Kier molecular flexibility index (Phi) is 8.97. The van der Waals surface area contributed by atoms with Gasteiger partial charge in [0, 0.05) is 24.6 Å². The molecule has 3 rings (SSSR count). The molecular formula is C25H28ClF2NO. The monoisotopic (exact) mass is 431 g/mol. The summed E-state index contributed by atoms with van der Waals surface area (Å²) in [5, 5.41) is 1.85. The van der Waals surface area contributed by atoms with E-state index in [1.807, 2.05) is 67.4 Å². The maximum absolute atomic E-state index is 14.4. The van der Waals surface area contributed by atoms with Crippen LogP contribution in [0.1, 0.15) is 33.7 Å². The minimum absolute atomic E-state index is 0. The smallest absolute Gasteiger partial charge is 0.129 e. The van der Waals surface area contributed by atoms with Gasteiger partial charge in [0.1, 0.15) is 11.6 Å². The predicted octanol–water partition coefficient (Wildman–Crippen LogP) is 6.39. The first-order valence-electron chi connectivity index (χ1n) is 9.81. The Balaban J connectivity index is 0.00000320. The summed E-state index contributed by atoms with van der Waals surface area (Å²) in [5.41, 5.74) is 4.58. The van der Waals surface area contributed by atoms with Crippen LogP contribution in [0.3, 0.4) is 0 Å². The van der Waals surface area contributed by atoms with Crippen LogP contribution in [0, 0.1) is 25.5 Å². The third kappa shape index (κ3) is 5.88. The van der Waals surface area contributed by atoms with Gasteiger partial charge in [-0.05, 0) is 54.7 Å². The summed E-state index contributed by atoms with van der Waals surface area (Å²) in [6.45, 7) is 5.20. The van der Waals surface area contributed by atoms with Gasteiger partial charge in [-0.15, -0.1) is 12.4 Å². The number of halogens is 3. The number of hydroxylamine groups is 2. The topological polar surface area (TPSA) is 12.5 Å². The largest absolute Gasteiger partial charge is 0.302 e. The Bertz CT molecular complexity index is 909. The van der Waals surface area contributed by atoms with E-state index in [-0.39, 0.29) is 30.3 Å². The van der Waals surface area contributed by atoms with Crippen molar-refractivity contribution in [1.29, 1.82) is 0 Å². The lowest BCUT2D eigenvalue weighted by atomic mass is 9.85. The summed E-state index contributed by atoms with van der Waals surface area (Å²) in [6.07, 6.45) is 0.263. The summed E-state index contributed by atoms with van der Waals surface area (Å²) in [5.74, 6) is -1.13. The normalized spacial score (nSPS) is 11.9. The van der Waals surface area contributed by atoms with E-state index in [0.717, 1.165) is 22.3 Å². The van der Waals surface area contributed by atoms with Crippen molar-refractivity contribution >= 4 is 12.4 Å². The number of hydrogen-bond donors (Lipinski definition) is 0. The predicted molar refractivity (Wildman–Crippen MR) is 120 cm³/mol. The molecule has 0 radical (unpaired) electrons. The van der Waals surface area contributed by atoms with E-state index < -0.39 is 11.6 Å². The molecule has 30 heavy (non-hydrogen) atoms. The number of aryl methyl sites for hydroxylation is 2. The first-order valence-corrected chi connectivity index (χ1v) is 9.81. The van der Waals surface area contributed by atoms with E-state index in [2.05, 4.69) is 0 Å². The van der Waals surface area contributed by atoms with Gasteiger partial charge in [-0.2, -0.15) is 5.06 Å². The SMILES string of the molecule is CON(Cc1ccccc1)CC(Cc1c(F)cccc1F)c1c(C)cccc1C.Cl. The molecule has 0 bridgehead atoms. The lowest BCUT2D eigenvalue weighted by Crippen LogP contribution is -2.29. The molecule has 5 heteroatoms. The number of benzene rings is 3. The molecule has 0 saturated heterocycles. The Morgan fingerprint density at radius 2 is 1.40 bits per heavy atom. The molecular weight excluding hydrogens is 404 g/mol. The quantitative estimate of drug-likeness (QED) is 0.383. The fourth-order valence-corrected chi connectivity index (χ4v) is 3.94. The first-order chi connectivity index (χ1) is 14.0. The fourth-order valence-electron chi connectivity index (χ4n) is 3.94. The Morgan fingerprint density at radius 1 is 0.833 bits per heavy atom. The van der Waals surface area contributed by atoms with Crippen LogP contribution in [0.25, 0.3) is 0 Å². The van der Waals surface area contributed by atoms with Crippen LogP contribution in [0.15, 0.2) is 66.7 Å². The summed E-state index contributed by atoms with van der Waals surface area (Å²) in [6, 6.07) is 20.2. The lowest BCUT2D eigenvalue weighted by Gasteiger charge is -2.28. The summed E-state index contributed by atoms with van der Waals surface area (Å²) < 4.78 is 28.8. The third-order valence-corrected chi connectivity index (χ3v) is 5.35. The van der Waals surface area contributed by atoms with Gasteiger partial charge in [-0.3, -0.25) is 0 Å². The standard InChI is InChI=1S/C25H27F2NO.ClH/c1-18-9-7-10-19(2)25(18)21(15-22-23(26)13-8-14-24(22)27)17-28(29-3)16-20-11-5-4-6-12-20;/h4-14,21H,15-17H2,1-3H3;1H. The van der Waals surface area contributed by atoms with Gasteiger partial charge in [-0.25, -0.2) is 8.78 Å². The van der Waals surface area contributed by atoms with Crippen molar-refractivity contribution in [2.45, 2.75) is 32.7 Å². The van der Waals surface area contributed by atoms with Crippen LogP contribution < -0.4 is 0 Å². The highest BCUT2D eigenvalue weighted by Crippen LogP contribution is 2.30. The Labute approximate surface area is 183 Å². The zero-order valence-electron chi connectivity index (χ0n) is 17.6. The maximum atomic E-state index is 14.4. The highest BCUT2D eigenvalue weighted by Gasteiger charge is 2.23. The molecule has 1 atom stereocenters. The summed E-state index contributed by atoms with van der Waals surface area (Å²) >= 11 is 0. The van der Waals surface area contributed by atoms with Gasteiger partial charge < -0.3 is 4.84 Å². The zero-order valence-corrected chi connectivity index (χ0v) is 18.4. The minimum Gasteiger partial charge on any atom is -0.302 e. The number of rotatable bonds is 8. The van der Waals surface area contributed by atoms with Crippen LogP contribution in [-0.2, 0) is 17.8 Å². The van der Waals surface area contributed by atoms with Crippen molar-refractivity contribution in [2.75, 3.05) is 13.7 Å². The second-order valence-corrected chi connectivity index (χ2v) is 7.40. The van der Waals surface area contributed by atoms with Crippen molar-refractivity contribution in [2.24, 2.45) is 0 Å². The molecule has 0 aliphatic rings. The van der Waals surface area contributed by atoms with Gasteiger partial charge in [0.2, 0.25) is 0 Å². The first kappa shape index (κ1) is 24.0. The molecule has 3 aromatic carbocycles. The highest BCUT2D eigenvalue weighted by atomic mass is 35.5. The van der Waals surface area contributed by atoms with Crippen molar-refractivity contribution in [3.63, 3.8) is 0 Å². The molecule has 0 N–H and O–H groups in total. The van der Waals surface area contributed by atoms with Crippen molar-refractivity contribution in [1.82, 2.24) is 5.06 Å². The summed E-state index contributed by atoms with van der Waals surface area (Å²) in [7, 11) is 1.63. The second-order valence-electron chi connectivity index (χ2n) is 7.40. The van der Waals surface area contributed by atoms with Gasteiger partial charge in [0.15, 0.2) is 0 Å². The molecule has 0 aliphatic heterocycles. The summed E-state index contributed by atoms with van der Waals surface area (Å²) in [4.78, 5) is 5.63. The van der Waals surface area contributed by atoms with Gasteiger partial charge in [0.25, 0.3) is 0 Å². The molecule has 0 heterocycles. The van der Waals surface area contributed by atoms with Crippen LogP contribution in [0.5, 0.6) is 0 Å². The van der Waals surface area contributed by atoms with Crippen LogP contribution in [0.4, 0.5) is 8.78 Å². The molecule has 3 aromatic rings. The Morgan fingerprint density at radius 3 is 1.97 bits per heavy atom. The minimum atomic E-state index is -0.506.